The molecule has 0 aliphatic heterocycles. The first-order valence-electron chi connectivity index (χ1n) is 5.74. The molecule has 0 bridgehead atoms. The summed E-state index contributed by atoms with van der Waals surface area (Å²) in [6.07, 6.45) is 1.62. The molecule has 98 valence electrons. The minimum absolute atomic E-state index is 0.00437. The zero-order valence-corrected chi connectivity index (χ0v) is 10.5. The minimum atomic E-state index is -0.523. The van der Waals surface area contributed by atoms with Crippen molar-refractivity contribution >= 4 is 11.8 Å². The van der Waals surface area contributed by atoms with Gasteiger partial charge in [-0.2, -0.15) is 5.10 Å². The Labute approximate surface area is 110 Å². The number of benzene rings is 1. The summed E-state index contributed by atoms with van der Waals surface area (Å²) in [7, 11) is 0. The molecule has 0 unspecified atom stereocenters. The van der Waals surface area contributed by atoms with Crippen molar-refractivity contribution < 1.29 is 9.63 Å². The van der Waals surface area contributed by atoms with E-state index in [0.29, 0.717) is 5.56 Å². The molecule has 0 aliphatic rings. The molecule has 2 aromatic rings. The average Bonchev–Trinajstić information content (AvgIpc) is 2.82. The first-order valence-corrected chi connectivity index (χ1v) is 5.74. The second-order valence-corrected chi connectivity index (χ2v) is 3.94. The summed E-state index contributed by atoms with van der Waals surface area (Å²) in [5, 5.41) is 7.59. The van der Waals surface area contributed by atoms with Gasteiger partial charge in [-0.25, -0.2) is 4.79 Å². The molecule has 2 rings (SSSR count). The van der Waals surface area contributed by atoms with Gasteiger partial charge < -0.3 is 10.6 Å². The Morgan fingerprint density at radius 2 is 2.11 bits per heavy atom. The van der Waals surface area contributed by atoms with Gasteiger partial charge in [0.2, 0.25) is 0 Å². The molecule has 19 heavy (non-hydrogen) atoms. The first-order chi connectivity index (χ1) is 9.16. The Kier molecular flexibility index (Phi) is 3.92. The first kappa shape index (κ1) is 12.8. The molecule has 0 saturated heterocycles. The van der Waals surface area contributed by atoms with E-state index in [1.54, 1.807) is 24.4 Å². The minimum Gasteiger partial charge on any atom is -0.380 e. The van der Waals surface area contributed by atoms with E-state index in [9.17, 15) is 4.79 Å². The number of nitrogens with zero attached hydrogens (tertiary/aromatic N) is 3. The van der Waals surface area contributed by atoms with Crippen LogP contribution in [0, 0.1) is 6.92 Å². The van der Waals surface area contributed by atoms with Crippen molar-refractivity contribution in [2.24, 2.45) is 10.9 Å². The van der Waals surface area contributed by atoms with Crippen molar-refractivity contribution in [3.63, 3.8) is 0 Å². The SMILES string of the molecule is Cc1ccnn1CC(=O)O/N=C(\N)c1ccccc1. The van der Waals surface area contributed by atoms with E-state index in [-0.39, 0.29) is 12.4 Å². The molecule has 0 spiro atoms. The van der Waals surface area contributed by atoms with Crippen molar-refractivity contribution in [3.8, 4) is 0 Å². The summed E-state index contributed by atoms with van der Waals surface area (Å²) in [6, 6.07) is 10.9. The van der Waals surface area contributed by atoms with Gasteiger partial charge in [0.15, 0.2) is 5.84 Å². The summed E-state index contributed by atoms with van der Waals surface area (Å²) in [5.41, 5.74) is 7.27. The number of hydrogen-bond acceptors (Lipinski definition) is 4. The van der Waals surface area contributed by atoms with Crippen LogP contribution >= 0.6 is 0 Å². The summed E-state index contributed by atoms with van der Waals surface area (Å²) in [5.74, 6) is -0.364. The van der Waals surface area contributed by atoms with Crippen molar-refractivity contribution in [1.29, 1.82) is 0 Å². The second-order valence-electron chi connectivity index (χ2n) is 3.94. The van der Waals surface area contributed by atoms with E-state index in [4.69, 9.17) is 10.6 Å². The molecule has 6 nitrogen and oxygen atoms in total. The third-order valence-electron chi connectivity index (χ3n) is 2.52. The van der Waals surface area contributed by atoms with Crippen LogP contribution in [-0.4, -0.2) is 21.6 Å². The maximum atomic E-state index is 11.6. The molecule has 1 heterocycles. The van der Waals surface area contributed by atoms with E-state index in [1.165, 1.54) is 4.68 Å². The van der Waals surface area contributed by atoms with Crippen LogP contribution in [0.1, 0.15) is 11.3 Å². The van der Waals surface area contributed by atoms with Gasteiger partial charge in [-0.3, -0.25) is 4.68 Å². The lowest BCUT2D eigenvalue weighted by atomic mass is 10.2. The molecular weight excluding hydrogens is 244 g/mol. The van der Waals surface area contributed by atoms with E-state index in [2.05, 4.69) is 10.3 Å². The van der Waals surface area contributed by atoms with Crippen LogP contribution in [0.25, 0.3) is 0 Å². The van der Waals surface area contributed by atoms with Gasteiger partial charge in [-0.1, -0.05) is 35.5 Å². The fourth-order valence-corrected chi connectivity index (χ4v) is 1.48. The van der Waals surface area contributed by atoms with E-state index in [1.807, 2.05) is 25.1 Å². The van der Waals surface area contributed by atoms with Gasteiger partial charge in [0.1, 0.15) is 6.54 Å². The summed E-state index contributed by atoms with van der Waals surface area (Å²) in [6.45, 7) is 1.85. The van der Waals surface area contributed by atoms with Gasteiger partial charge in [-0.05, 0) is 13.0 Å². The van der Waals surface area contributed by atoms with Crippen molar-refractivity contribution in [3.05, 3.63) is 53.9 Å². The predicted molar refractivity (Wildman–Crippen MR) is 70.2 cm³/mol. The molecule has 0 amide bonds. The highest BCUT2D eigenvalue weighted by Gasteiger charge is 2.07. The van der Waals surface area contributed by atoms with E-state index in [0.717, 1.165) is 5.69 Å². The Bertz CT molecular complexity index is 590. The molecule has 0 fully saturated rings. The average molecular weight is 258 g/mol. The van der Waals surface area contributed by atoms with Crippen molar-refractivity contribution in [1.82, 2.24) is 9.78 Å². The van der Waals surface area contributed by atoms with Crippen LogP contribution in [0.4, 0.5) is 0 Å². The molecule has 6 heteroatoms. The summed E-state index contributed by atoms with van der Waals surface area (Å²) in [4.78, 5) is 16.3. The standard InChI is InChI=1S/C13H14N4O2/c1-10-7-8-15-17(10)9-12(18)19-16-13(14)11-5-3-2-4-6-11/h2-8H,9H2,1H3,(H2,14,16). The van der Waals surface area contributed by atoms with Gasteiger partial charge in [0, 0.05) is 17.5 Å². The smallest absolute Gasteiger partial charge is 0.356 e. The molecule has 2 N–H and O–H groups in total. The zero-order valence-electron chi connectivity index (χ0n) is 10.5. The lowest BCUT2D eigenvalue weighted by Crippen LogP contribution is -2.18. The highest BCUT2D eigenvalue weighted by Crippen LogP contribution is 1.99. The topological polar surface area (TPSA) is 82.5 Å². The van der Waals surface area contributed by atoms with Crippen LogP contribution in [0.3, 0.4) is 0 Å². The molecule has 0 aliphatic carbocycles. The lowest BCUT2D eigenvalue weighted by molar-refractivity contribution is -0.144. The zero-order chi connectivity index (χ0) is 13.7. The molecule has 0 radical (unpaired) electrons. The number of aromatic nitrogens is 2. The molecule has 0 atom stereocenters. The van der Waals surface area contributed by atoms with Crippen LogP contribution < -0.4 is 5.73 Å². The number of amidine groups is 1. The van der Waals surface area contributed by atoms with E-state index < -0.39 is 5.97 Å². The van der Waals surface area contributed by atoms with Gasteiger partial charge in [0.05, 0.1) is 0 Å². The predicted octanol–water partition coefficient (Wildman–Crippen LogP) is 1.06. The highest BCUT2D eigenvalue weighted by atomic mass is 16.7. The monoisotopic (exact) mass is 258 g/mol. The number of carbonyl (C=O) groups is 1. The molecule has 1 aromatic carbocycles. The lowest BCUT2D eigenvalue weighted by Gasteiger charge is -2.02. The molecule has 1 aromatic heterocycles. The van der Waals surface area contributed by atoms with Crippen LogP contribution in [0.2, 0.25) is 0 Å². The van der Waals surface area contributed by atoms with Crippen molar-refractivity contribution in [2.75, 3.05) is 0 Å². The third kappa shape index (κ3) is 3.41. The maximum Gasteiger partial charge on any atom is 0.356 e. The van der Waals surface area contributed by atoms with Gasteiger partial charge in [-0.15, -0.1) is 0 Å². The number of carbonyl (C=O) groups excluding carboxylic acids is 1. The van der Waals surface area contributed by atoms with Gasteiger partial charge in [0.25, 0.3) is 0 Å². The third-order valence-corrected chi connectivity index (χ3v) is 2.52. The quantitative estimate of drug-likeness (QED) is 0.384. The van der Waals surface area contributed by atoms with Crippen LogP contribution in [0.5, 0.6) is 0 Å². The van der Waals surface area contributed by atoms with E-state index >= 15 is 0 Å². The fourth-order valence-electron chi connectivity index (χ4n) is 1.48. The Morgan fingerprint density at radius 3 is 2.74 bits per heavy atom. The normalized spacial score (nSPS) is 11.3. The van der Waals surface area contributed by atoms with Crippen molar-refractivity contribution in [2.45, 2.75) is 13.5 Å². The molecular formula is C13H14N4O2. The molecule has 0 saturated carbocycles. The largest absolute Gasteiger partial charge is 0.380 e. The number of oxime groups is 1. The highest BCUT2D eigenvalue weighted by molar-refractivity contribution is 5.97. The Hall–Kier alpha value is -2.63. The number of nitrogens with two attached hydrogens (primary N) is 1. The number of aryl methyl sites for hydroxylation is 1. The van der Waals surface area contributed by atoms with Crippen LogP contribution in [-0.2, 0) is 16.2 Å². The maximum absolute atomic E-state index is 11.6. The Balaban J connectivity index is 1.95. The Morgan fingerprint density at radius 1 is 1.37 bits per heavy atom. The number of hydrogen-bond donors (Lipinski definition) is 1. The van der Waals surface area contributed by atoms with Crippen LogP contribution in [0.15, 0.2) is 47.8 Å². The second kappa shape index (κ2) is 5.81. The number of rotatable bonds is 4. The summed E-state index contributed by atoms with van der Waals surface area (Å²) >= 11 is 0. The van der Waals surface area contributed by atoms with Gasteiger partial charge >= 0.3 is 5.97 Å². The summed E-state index contributed by atoms with van der Waals surface area (Å²) < 4.78 is 1.52. The fraction of sp³-hybridized carbons (Fsp3) is 0.154.